The number of nitrogens with zero attached hydrogens (tertiary/aromatic N) is 4. The van der Waals surface area contributed by atoms with Gasteiger partial charge in [-0.3, -0.25) is 0 Å². The van der Waals surface area contributed by atoms with E-state index in [0.29, 0.717) is 5.82 Å². The van der Waals surface area contributed by atoms with Gasteiger partial charge in [-0.15, -0.1) is 0 Å². The molecule has 8 aromatic carbocycles. The summed E-state index contributed by atoms with van der Waals surface area (Å²) < 4.78 is 2.47. The summed E-state index contributed by atoms with van der Waals surface area (Å²) in [5.41, 5.74) is 13.6. The Hall–Kier alpha value is -7.69. The SMILES string of the molecule is c1ccc(-c2cc(-c3cccc(-c4cccc5c6ccc7c(-c8ccccc8)nc8ccccc8c7c6n(-c6ccccc6)c45)c3)nc(-c3ccccc3)n2)cc1. The second-order valence-corrected chi connectivity index (χ2v) is 14.4. The highest BCUT2D eigenvalue weighted by Crippen LogP contribution is 2.44. The van der Waals surface area contributed by atoms with Crippen LogP contribution in [0.5, 0.6) is 0 Å². The molecule has 0 saturated carbocycles. The molecule has 11 rings (SSSR count). The van der Waals surface area contributed by atoms with Gasteiger partial charge in [-0.1, -0.05) is 176 Å². The highest BCUT2D eigenvalue weighted by molar-refractivity contribution is 6.28. The van der Waals surface area contributed by atoms with Crippen LogP contribution in [0.1, 0.15) is 0 Å². The Labute approximate surface area is 330 Å². The lowest BCUT2D eigenvalue weighted by Gasteiger charge is -2.15. The third-order valence-corrected chi connectivity index (χ3v) is 11.0. The highest BCUT2D eigenvalue weighted by atomic mass is 15.0. The van der Waals surface area contributed by atoms with Gasteiger partial charge in [-0.25, -0.2) is 15.0 Å². The van der Waals surface area contributed by atoms with Gasteiger partial charge in [0.25, 0.3) is 0 Å². The van der Waals surface area contributed by atoms with Crippen molar-refractivity contribution in [2.75, 3.05) is 0 Å². The molecule has 3 aromatic heterocycles. The van der Waals surface area contributed by atoms with Crippen molar-refractivity contribution in [3.05, 3.63) is 206 Å². The monoisotopic (exact) mass is 726 g/mol. The van der Waals surface area contributed by atoms with Gasteiger partial charge in [-0.05, 0) is 35.9 Å². The predicted octanol–water partition coefficient (Wildman–Crippen LogP) is 13.6. The zero-order valence-corrected chi connectivity index (χ0v) is 30.9. The molecule has 3 heterocycles. The minimum Gasteiger partial charge on any atom is -0.308 e. The van der Waals surface area contributed by atoms with Crippen LogP contribution >= 0.6 is 0 Å². The summed E-state index contributed by atoms with van der Waals surface area (Å²) in [6.07, 6.45) is 0. The van der Waals surface area contributed by atoms with Crippen LogP contribution in [0.25, 0.3) is 105 Å². The van der Waals surface area contributed by atoms with Gasteiger partial charge in [0.1, 0.15) is 0 Å². The molecule has 0 aliphatic rings. The Morgan fingerprint density at radius 2 is 0.877 bits per heavy atom. The van der Waals surface area contributed by atoms with E-state index in [1.54, 1.807) is 0 Å². The van der Waals surface area contributed by atoms with E-state index < -0.39 is 0 Å². The van der Waals surface area contributed by atoms with E-state index in [0.717, 1.165) is 78.0 Å². The number of pyridine rings is 1. The number of hydrogen-bond acceptors (Lipinski definition) is 3. The van der Waals surface area contributed by atoms with Gasteiger partial charge in [0.05, 0.1) is 33.6 Å². The van der Waals surface area contributed by atoms with Crippen LogP contribution < -0.4 is 0 Å². The van der Waals surface area contributed by atoms with Crippen molar-refractivity contribution in [2.24, 2.45) is 0 Å². The quantitative estimate of drug-likeness (QED) is 0.160. The van der Waals surface area contributed by atoms with Crippen LogP contribution in [-0.2, 0) is 0 Å². The molecule has 0 unspecified atom stereocenters. The van der Waals surface area contributed by atoms with Crippen LogP contribution in [0.2, 0.25) is 0 Å². The van der Waals surface area contributed by atoms with Gasteiger partial charge in [0, 0.05) is 60.4 Å². The lowest BCUT2D eigenvalue weighted by atomic mass is 9.96. The first-order chi connectivity index (χ1) is 28.3. The molecule has 0 amide bonds. The molecular weight excluding hydrogens is 693 g/mol. The average molecular weight is 727 g/mol. The lowest BCUT2D eigenvalue weighted by Crippen LogP contribution is -1.98. The summed E-state index contributed by atoms with van der Waals surface area (Å²) in [4.78, 5) is 15.5. The maximum atomic E-state index is 5.27. The Balaban J connectivity index is 1.19. The van der Waals surface area contributed by atoms with Gasteiger partial charge in [0.2, 0.25) is 0 Å². The fraction of sp³-hybridized carbons (Fsp3) is 0. The number of rotatable bonds is 6. The smallest absolute Gasteiger partial charge is 0.160 e. The third-order valence-electron chi connectivity index (χ3n) is 11.0. The topological polar surface area (TPSA) is 43.6 Å². The fourth-order valence-electron chi connectivity index (χ4n) is 8.39. The van der Waals surface area contributed by atoms with E-state index >= 15 is 0 Å². The first-order valence-electron chi connectivity index (χ1n) is 19.3. The van der Waals surface area contributed by atoms with E-state index in [1.807, 2.05) is 24.3 Å². The summed E-state index contributed by atoms with van der Waals surface area (Å²) in [6, 6.07) is 72.6. The number of fused-ring (bicyclic) bond motifs is 7. The summed E-state index contributed by atoms with van der Waals surface area (Å²) in [5.74, 6) is 0.701. The number of benzene rings is 8. The first-order valence-corrected chi connectivity index (χ1v) is 19.3. The molecule has 0 N–H and O–H groups in total. The summed E-state index contributed by atoms with van der Waals surface area (Å²) in [5, 5.41) is 5.85. The number of hydrogen-bond donors (Lipinski definition) is 0. The molecule has 266 valence electrons. The molecule has 0 radical (unpaired) electrons. The lowest BCUT2D eigenvalue weighted by molar-refractivity contribution is 1.18. The fourth-order valence-corrected chi connectivity index (χ4v) is 8.39. The Kier molecular flexibility index (Phi) is 7.78. The van der Waals surface area contributed by atoms with Crippen molar-refractivity contribution in [1.29, 1.82) is 0 Å². The highest BCUT2D eigenvalue weighted by Gasteiger charge is 2.22. The minimum absolute atomic E-state index is 0.701. The molecule has 4 nitrogen and oxygen atoms in total. The molecule has 0 atom stereocenters. The molecule has 4 heteroatoms. The zero-order chi connectivity index (χ0) is 37.7. The van der Waals surface area contributed by atoms with Gasteiger partial charge in [0.15, 0.2) is 5.82 Å². The third kappa shape index (κ3) is 5.58. The molecule has 0 aliphatic heterocycles. The molecule has 0 spiro atoms. The molecule has 57 heavy (non-hydrogen) atoms. The molecule has 0 aliphatic carbocycles. The van der Waals surface area contributed by atoms with Crippen LogP contribution in [0, 0.1) is 0 Å². The second kappa shape index (κ2) is 13.6. The standard InChI is InChI=1S/C53H34N4/c1-5-17-35(18-6-1)47-34-48(56-53(55-47)37-21-9-3-10-22-37)39-24-15-23-38(33-39)41-28-16-29-42-43-31-32-45-49(52(43)57(51(41)42)40-25-11-4-12-26-40)44-27-13-14-30-46(44)54-50(45)36-19-7-2-8-20-36/h1-34H. The maximum absolute atomic E-state index is 5.27. The summed E-state index contributed by atoms with van der Waals surface area (Å²) >= 11 is 0. The Morgan fingerprint density at radius 1 is 0.333 bits per heavy atom. The van der Waals surface area contributed by atoms with E-state index in [1.165, 1.54) is 21.7 Å². The van der Waals surface area contributed by atoms with Crippen molar-refractivity contribution < 1.29 is 0 Å². The average Bonchev–Trinajstić information content (AvgIpc) is 3.64. The largest absolute Gasteiger partial charge is 0.308 e. The van der Waals surface area contributed by atoms with E-state index in [2.05, 4.69) is 187 Å². The summed E-state index contributed by atoms with van der Waals surface area (Å²) in [6.45, 7) is 0. The molecule has 0 bridgehead atoms. The molecular formula is C53H34N4. The molecule has 0 saturated heterocycles. The molecule has 0 fully saturated rings. The van der Waals surface area contributed by atoms with Crippen LogP contribution in [0.3, 0.4) is 0 Å². The molecule has 11 aromatic rings. The van der Waals surface area contributed by atoms with Crippen LogP contribution in [0.4, 0.5) is 0 Å². The van der Waals surface area contributed by atoms with Gasteiger partial charge >= 0.3 is 0 Å². The van der Waals surface area contributed by atoms with Gasteiger partial charge in [-0.2, -0.15) is 0 Å². The van der Waals surface area contributed by atoms with E-state index in [-0.39, 0.29) is 0 Å². The van der Waals surface area contributed by atoms with Crippen LogP contribution in [-0.4, -0.2) is 19.5 Å². The summed E-state index contributed by atoms with van der Waals surface area (Å²) in [7, 11) is 0. The Morgan fingerprint density at radius 3 is 1.63 bits per heavy atom. The minimum atomic E-state index is 0.701. The van der Waals surface area contributed by atoms with E-state index in [9.17, 15) is 0 Å². The first kappa shape index (κ1) is 32.7. The second-order valence-electron chi connectivity index (χ2n) is 14.4. The normalized spacial score (nSPS) is 11.5. The Bertz CT molecular complexity index is 3210. The van der Waals surface area contributed by atoms with Crippen molar-refractivity contribution in [3.8, 4) is 62.0 Å². The van der Waals surface area contributed by atoms with E-state index in [4.69, 9.17) is 15.0 Å². The van der Waals surface area contributed by atoms with Gasteiger partial charge < -0.3 is 4.57 Å². The van der Waals surface area contributed by atoms with Crippen molar-refractivity contribution in [2.45, 2.75) is 0 Å². The van der Waals surface area contributed by atoms with Crippen molar-refractivity contribution >= 4 is 43.5 Å². The number of para-hydroxylation sites is 3. The maximum Gasteiger partial charge on any atom is 0.160 e. The zero-order valence-electron chi connectivity index (χ0n) is 30.9. The predicted molar refractivity (Wildman–Crippen MR) is 236 cm³/mol. The number of aromatic nitrogens is 4. The van der Waals surface area contributed by atoms with Crippen molar-refractivity contribution in [3.63, 3.8) is 0 Å². The van der Waals surface area contributed by atoms with Crippen molar-refractivity contribution in [1.82, 2.24) is 19.5 Å². The van der Waals surface area contributed by atoms with Crippen LogP contribution in [0.15, 0.2) is 206 Å².